The highest BCUT2D eigenvalue weighted by molar-refractivity contribution is 5.10. The van der Waals surface area contributed by atoms with E-state index in [9.17, 15) is 0 Å². The van der Waals surface area contributed by atoms with Gasteiger partial charge < -0.3 is 11.1 Å². The third-order valence-electron chi connectivity index (χ3n) is 3.58. The molecule has 2 rings (SSSR count). The van der Waals surface area contributed by atoms with Gasteiger partial charge in [-0.3, -0.25) is 0 Å². The molecular formula is C9H18N2. The molecule has 11 heavy (non-hydrogen) atoms. The van der Waals surface area contributed by atoms with Crippen molar-refractivity contribution in [3.05, 3.63) is 0 Å². The number of hydrogen-bond donors (Lipinski definition) is 2. The normalized spacial score (nSPS) is 39.8. The quantitative estimate of drug-likeness (QED) is 0.619. The van der Waals surface area contributed by atoms with Gasteiger partial charge in [-0.05, 0) is 31.1 Å². The molecule has 3 N–H and O–H groups in total. The Labute approximate surface area is 68.5 Å². The van der Waals surface area contributed by atoms with Crippen molar-refractivity contribution in [3.8, 4) is 0 Å². The number of nitrogens with one attached hydrogen (secondary N) is 1. The van der Waals surface area contributed by atoms with Crippen LogP contribution in [0.15, 0.2) is 0 Å². The van der Waals surface area contributed by atoms with E-state index < -0.39 is 0 Å². The third-order valence-corrected chi connectivity index (χ3v) is 3.58. The summed E-state index contributed by atoms with van der Waals surface area (Å²) in [6.07, 6.45) is 5.38. The zero-order chi connectivity index (χ0) is 7.95. The average molecular weight is 154 g/mol. The summed E-state index contributed by atoms with van der Waals surface area (Å²) in [7, 11) is 0. The lowest BCUT2D eigenvalue weighted by Gasteiger charge is -2.26. The van der Waals surface area contributed by atoms with Gasteiger partial charge in [-0.2, -0.15) is 0 Å². The van der Waals surface area contributed by atoms with Crippen LogP contribution >= 0.6 is 0 Å². The van der Waals surface area contributed by atoms with E-state index in [0.29, 0.717) is 11.0 Å². The van der Waals surface area contributed by atoms with E-state index in [1.165, 1.54) is 32.2 Å². The molecule has 0 aromatic heterocycles. The summed E-state index contributed by atoms with van der Waals surface area (Å²) < 4.78 is 0. The maximum atomic E-state index is 5.77. The molecule has 2 aliphatic rings. The van der Waals surface area contributed by atoms with Crippen LogP contribution in [0.1, 0.15) is 32.6 Å². The molecule has 1 unspecified atom stereocenters. The molecule has 1 heterocycles. The average Bonchev–Trinajstić information content (AvgIpc) is 2.66. The van der Waals surface area contributed by atoms with Gasteiger partial charge in [0.25, 0.3) is 0 Å². The number of hydrogen-bond acceptors (Lipinski definition) is 2. The fourth-order valence-corrected chi connectivity index (χ4v) is 2.29. The Kier molecular flexibility index (Phi) is 1.52. The summed E-state index contributed by atoms with van der Waals surface area (Å²) in [6, 6.07) is 0. The lowest BCUT2D eigenvalue weighted by Crippen LogP contribution is -2.45. The Morgan fingerprint density at radius 1 is 1.45 bits per heavy atom. The second-order valence-corrected chi connectivity index (χ2v) is 4.37. The first-order chi connectivity index (χ1) is 5.24. The van der Waals surface area contributed by atoms with Crippen LogP contribution < -0.4 is 11.1 Å². The highest BCUT2D eigenvalue weighted by Crippen LogP contribution is 2.54. The topological polar surface area (TPSA) is 38.0 Å². The van der Waals surface area contributed by atoms with E-state index in [0.717, 1.165) is 6.54 Å². The molecule has 0 bridgehead atoms. The Morgan fingerprint density at radius 2 is 2.18 bits per heavy atom. The first-order valence-corrected chi connectivity index (χ1v) is 4.69. The monoisotopic (exact) mass is 154 g/mol. The van der Waals surface area contributed by atoms with E-state index in [2.05, 4.69) is 12.2 Å². The van der Waals surface area contributed by atoms with Gasteiger partial charge in [-0.15, -0.1) is 0 Å². The summed E-state index contributed by atoms with van der Waals surface area (Å²) in [5.41, 5.74) is 6.76. The summed E-state index contributed by atoms with van der Waals surface area (Å²) in [4.78, 5) is 0. The van der Waals surface area contributed by atoms with Gasteiger partial charge in [0.15, 0.2) is 0 Å². The van der Waals surface area contributed by atoms with Crippen molar-refractivity contribution in [1.82, 2.24) is 5.32 Å². The van der Waals surface area contributed by atoms with Crippen molar-refractivity contribution in [2.75, 3.05) is 13.1 Å². The smallest absolute Gasteiger partial charge is 0.0307 e. The van der Waals surface area contributed by atoms with Crippen molar-refractivity contribution in [3.63, 3.8) is 0 Å². The molecule has 64 valence electrons. The largest absolute Gasteiger partial charge is 0.329 e. The summed E-state index contributed by atoms with van der Waals surface area (Å²) >= 11 is 0. The van der Waals surface area contributed by atoms with Gasteiger partial charge in [0, 0.05) is 18.6 Å². The molecule has 1 saturated carbocycles. The van der Waals surface area contributed by atoms with Gasteiger partial charge in [-0.1, -0.05) is 6.92 Å². The van der Waals surface area contributed by atoms with Crippen molar-refractivity contribution in [2.24, 2.45) is 11.1 Å². The molecule has 1 aliphatic carbocycles. The van der Waals surface area contributed by atoms with Crippen LogP contribution in [-0.2, 0) is 0 Å². The fourth-order valence-electron chi connectivity index (χ4n) is 2.29. The lowest BCUT2D eigenvalue weighted by molar-refractivity contribution is 0.358. The molecule has 2 heteroatoms. The van der Waals surface area contributed by atoms with E-state index >= 15 is 0 Å². The van der Waals surface area contributed by atoms with Crippen LogP contribution in [0, 0.1) is 5.41 Å². The van der Waals surface area contributed by atoms with Gasteiger partial charge >= 0.3 is 0 Å². The molecule has 1 atom stereocenters. The van der Waals surface area contributed by atoms with Crippen LogP contribution in [0.5, 0.6) is 0 Å². The van der Waals surface area contributed by atoms with Crippen LogP contribution in [0.3, 0.4) is 0 Å². The van der Waals surface area contributed by atoms with Crippen LogP contribution in [0.4, 0.5) is 0 Å². The van der Waals surface area contributed by atoms with Gasteiger partial charge in [0.1, 0.15) is 0 Å². The van der Waals surface area contributed by atoms with Crippen LogP contribution in [0.25, 0.3) is 0 Å². The Morgan fingerprint density at radius 3 is 2.45 bits per heavy atom. The van der Waals surface area contributed by atoms with Crippen LogP contribution in [-0.4, -0.2) is 18.6 Å². The van der Waals surface area contributed by atoms with Crippen molar-refractivity contribution < 1.29 is 0 Å². The van der Waals surface area contributed by atoms with Crippen molar-refractivity contribution in [2.45, 2.75) is 38.1 Å². The molecule has 1 spiro atoms. The molecule has 2 nitrogen and oxygen atoms in total. The third kappa shape index (κ3) is 1.09. The second-order valence-electron chi connectivity index (χ2n) is 4.37. The van der Waals surface area contributed by atoms with Crippen LogP contribution in [0.2, 0.25) is 0 Å². The lowest BCUT2D eigenvalue weighted by atomic mass is 9.89. The first-order valence-electron chi connectivity index (χ1n) is 4.69. The minimum Gasteiger partial charge on any atom is -0.329 e. The van der Waals surface area contributed by atoms with Gasteiger partial charge in [0.05, 0.1) is 0 Å². The molecule has 2 fully saturated rings. The molecule has 0 aromatic carbocycles. The highest BCUT2D eigenvalue weighted by atomic mass is 15.1. The maximum Gasteiger partial charge on any atom is 0.0307 e. The standard InChI is InChI=1S/C9H18N2/c1-2-9(6-10)5-8(3-4-8)7-11-9/h11H,2-7,10H2,1H3. The molecule has 0 amide bonds. The molecule has 1 aliphatic heterocycles. The molecule has 1 saturated heterocycles. The predicted octanol–water partition coefficient (Wildman–Crippen LogP) is 0.867. The molecule has 0 radical (unpaired) electrons. The molecule has 0 aromatic rings. The van der Waals surface area contributed by atoms with Gasteiger partial charge in [-0.25, -0.2) is 0 Å². The minimum absolute atomic E-state index is 0.302. The Hall–Kier alpha value is -0.0800. The number of rotatable bonds is 2. The zero-order valence-corrected chi connectivity index (χ0v) is 7.32. The summed E-state index contributed by atoms with van der Waals surface area (Å²) in [5, 5.41) is 3.60. The van der Waals surface area contributed by atoms with E-state index in [4.69, 9.17) is 5.73 Å². The van der Waals surface area contributed by atoms with E-state index in [1.54, 1.807) is 0 Å². The first kappa shape index (κ1) is 7.56. The summed E-state index contributed by atoms with van der Waals surface area (Å²) in [5.74, 6) is 0. The van der Waals surface area contributed by atoms with E-state index in [1.807, 2.05) is 0 Å². The highest BCUT2D eigenvalue weighted by Gasteiger charge is 2.53. The van der Waals surface area contributed by atoms with Crippen molar-refractivity contribution >= 4 is 0 Å². The van der Waals surface area contributed by atoms with Crippen molar-refractivity contribution in [1.29, 1.82) is 0 Å². The maximum absolute atomic E-state index is 5.77. The zero-order valence-electron chi connectivity index (χ0n) is 7.32. The predicted molar refractivity (Wildman–Crippen MR) is 46.4 cm³/mol. The van der Waals surface area contributed by atoms with Gasteiger partial charge in [0.2, 0.25) is 0 Å². The van der Waals surface area contributed by atoms with E-state index in [-0.39, 0.29) is 0 Å². The summed E-state index contributed by atoms with van der Waals surface area (Å²) in [6.45, 7) is 4.27. The SMILES string of the molecule is CCC1(CN)CC2(CC2)CN1. The number of nitrogens with two attached hydrogens (primary N) is 1. The Balaban J connectivity index is 2.05. The second kappa shape index (κ2) is 2.20. The Bertz CT molecular complexity index is 157. The minimum atomic E-state index is 0.302. The fraction of sp³-hybridized carbons (Fsp3) is 1.00. The molecular weight excluding hydrogens is 136 g/mol.